The molecule has 3 N–H and O–H groups in total. The topological polar surface area (TPSA) is 95.5 Å². The minimum atomic E-state index is -3.80. The molecule has 0 radical (unpaired) electrons. The summed E-state index contributed by atoms with van der Waals surface area (Å²) in [5.41, 5.74) is 2.76. The Labute approximate surface area is 199 Å². The minimum absolute atomic E-state index is 0.141. The van der Waals surface area contributed by atoms with E-state index in [0.29, 0.717) is 27.4 Å². The molecule has 0 unspecified atom stereocenters. The van der Waals surface area contributed by atoms with Gasteiger partial charge in [0.25, 0.3) is 15.9 Å². The number of anilines is 1. The summed E-state index contributed by atoms with van der Waals surface area (Å²) >= 11 is 6.10. The Morgan fingerprint density at radius 1 is 0.970 bits per heavy atom. The largest absolute Gasteiger partial charge is 0.389 e. The summed E-state index contributed by atoms with van der Waals surface area (Å²) in [6.45, 7) is 6.84. The smallest absolute Gasteiger partial charge is 0.262 e. The first kappa shape index (κ1) is 24.8. The fourth-order valence-corrected chi connectivity index (χ4v) is 4.81. The predicted molar refractivity (Wildman–Crippen MR) is 132 cm³/mol. The Balaban J connectivity index is 1.80. The summed E-state index contributed by atoms with van der Waals surface area (Å²) in [5, 5.41) is 13.0. The molecule has 174 valence electrons. The molecule has 0 aliphatic rings. The van der Waals surface area contributed by atoms with Crippen LogP contribution in [0.5, 0.6) is 0 Å². The quantitative estimate of drug-likeness (QED) is 0.441. The predicted octanol–water partition coefficient (Wildman–Crippen LogP) is 4.93. The Hall–Kier alpha value is -2.87. The van der Waals surface area contributed by atoms with Gasteiger partial charge in [0.2, 0.25) is 0 Å². The summed E-state index contributed by atoms with van der Waals surface area (Å²) in [4.78, 5) is 12.4. The molecular weight excluding hydrogens is 460 g/mol. The Bertz CT molecular complexity index is 1280. The second-order valence-corrected chi connectivity index (χ2v) is 10.7. The molecule has 0 heterocycles. The summed E-state index contributed by atoms with van der Waals surface area (Å²) in [7, 11) is -3.80. The van der Waals surface area contributed by atoms with E-state index in [0.717, 1.165) is 11.1 Å². The van der Waals surface area contributed by atoms with E-state index in [1.807, 2.05) is 6.07 Å². The van der Waals surface area contributed by atoms with Crippen LogP contribution in [-0.2, 0) is 10.0 Å². The third-order valence-corrected chi connectivity index (χ3v) is 6.95. The molecule has 33 heavy (non-hydrogen) atoms. The normalized spacial score (nSPS) is 11.8. The Kier molecular flexibility index (Phi) is 7.17. The van der Waals surface area contributed by atoms with Crippen LogP contribution in [0, 0.1) is 13.8 Å². The molecule has 6 nitrogen and oxygen atoms in total. The highest BCUT2D eigenvalue weighted by atomic mass is 35.5. The fourth-order valence-electron chi connectivity index (χ4n) is 3.23. The van der Waals surface area contributed by atoms with Crippen molar-refractivity contribution < 1.29 is 18.3 Å². The number of aryl methyl sites for hydroxylation is 2. The van der Waals surface area contributed by atoms with Crippen LogP contribution in [0.1, 0.15) is 35.3 Å². The van der Waals surface area contributed by atoms with E-state index in [9.17, 15) is 18.3 Å². The van der Waals surface area contributed by atoms with E-state index in [1.54, 1.807) is 82.3 Å². The van der Waals surface area contributed by atoms with E-state index >= 15 is 0 Å². The highest BCUT2D eigenvalue weighted by Gasteiger charge is 2.19. The number of hydrogen-bond donors (Lipinski definition) is 3. The molecule has 0 spiro atoms. The third-order valence-electron chi connectivity index (χ3n) is 5.02. The molecule has 0 saturated heterocycles. The van der Waals surface area contributed by atoms with Crippen LogP contribution >= 0.6 is 11.6 Å². The number of benzene rings is 3. The van der Waals surface area contributed by atoms with Gasteiger partial charge in [0, 0.05) is 22.8 Å². The van der Waals surface area contributed by atoms with Crippen molar-refractivity contribution in [3.8, 4) is 11.1 Å². The van der Waals surface area contributed by atoms with Crippen molar-refractivity contribution in [1.82, 2.24) is 5.32 Å². The number of sulfonamides is 1. The average Bonchev–Trinajstić information content (AvgIpc) is 2.74. The highest BCUT2D eigenvalue weighted by Crippen LogP contribution is 2.28. The second-order valence-electron chi connectivity index (χ2n) is 8.63. The van der Waals surface area contributed by atoms with Gasteiger partial charge in [-0.25, -0.2) is 8.42 Å². The van der Waals surface area contributed by atoms with Crippen molar-refractivity contribution in [2.45, 2.75) is 38.2 Å². The molecule has 0 aromatic heterocycles. The van der Waals surface area contributed by atoms with E-state index < -0.39 is 15.6 Å². The number of amides is 1. The zero-order valence-corrected chi connectivity index (χ0v) is 20.5. The summed E-state index contributed by atoms with van der Waals surface area (Å²) < 4.78 is 28.6. The lowest BCUT2D eigenvalue weighted by molar-refractivity contribution is 0.0694. The van der Waals surface area contributed by atoms with E-state index in [-0.39, 0.29) is 17.3 Å². The van der Waals surface area contributed by atoms with Gasteiger partial charge in [-0.1, -0.05) is 35.9 Å². The second kappa shape index (κ2) is 9.55. The van der Waals surface area contributed by atoms with Gasteiger partial charge in [-0.3, -0.25) is 9.52 Å². The summed E-state index contributed by atoms with van der Waals surface area (Å²) in [5.74, 6) is -0.279. The highest BCUT2D eigenvalue weighted by molar-refractivity contribution is 7.92. The monoisotopic (exact) mass is 486 g/mol. The SMILES string of the molecule is Cc1cc(S(=O)(=O)Nc2cccc(-c3ccc(C(=O)NCC(C)(C)O)cc3)c2)c(C)cc1Cl. The van der Waals surface area contributed by atoms with Gasteiger partial charge in [-0.15, -0.1) is 0 Å². The maximum atomic E-state index is 13.0. The van der Waals surface area contributed by atoms with Crippen LogP contribution in [0.25, 0.3) is 11.1 Å². The van der Waals surface area contributed by atoms with E-state index in [4.69, 9.17) is 11.6 Å². The lowest BCUT2D eigenvalue weighted by Crippen LogP contribution is -2.38. The zero-order valence-electron chi connectivity index (χ0n) is 18.9. The van der Waals surface area contributed by atoms with Gasteiger partial charge < -0.3 is 10.4 Å². The molecule has 3 aromatic rings. The first-order chi connectivity index (χ1) is 15.4. The molecule has 0 bridgehead atoms. The maximum absolute atomic E-state index is 13.0. The first-order valence-corrected chi connectivity index (χ1v) is 12.2. The van der Waals surface area contributed by atoms with Crippen LogP contribution in [0.3, 0.4) is 0 Å². The standard InChI is InChI=1S/C25H27ClN2O4S/c1-16-13-23(17(2)12-22(16)26)33(31,32)28-21-7-5-6-20(14-21)18-8-10-19(11-9-18)24(29)27-15-25(3,4)30/h5-14,28,30H,15H2,1-4H3,(H,27,29). The van der Waals surface area contributed by atoms with Gasteiger partial charge in [0.15, 0.2) is 0 Å². The van der Waals surface area contributed by atoms with Gasteiger partial charge in [-0.2, -0.15) is 0 Å². The number of carbonyl (C=O) groups excluding carboxylic acids is 1. The average molecular weight is 487 g/mol. The molecule has 3 aromatic carbocycles. The molecule has 3 rings (SSSR count). The lowest BCUT2D eigenvalue weighted by atomic mass is 10.0. The molecule has 0 aliphatic heterocycles. The lowest BCUT2D eigenvalue weighted by Gasteiger charge is -2.17. The third kappa shape index (κ3) is 6.35. The molecule has 1 amide bonds. The molecule has 8 heteroatoms. The molecule has 0 fully saturated rings. The number of halogens is 1. The number of aliphatic hydroxyl groups is 1. The number of nitrogens with one attached hydrogen (secondary N) is 2. The first-order valence-electron chi connectivity index (χ1n) is 10.4. The van der Waals surface area contributed by atoms with Crippen LogP contribution in [-0.4, -0.2) is 31.6 Å². The molecule has 0 saturated carbocycles. The van der Waals surface area contributed by atoms with Gasteiger partial charge in [0.1, 0.15) is 0 Å². The maximum Gasteiger partial charge on any atom is 0.262 e. The summed E-state index contributed by atoms with van der Waals surface area (Å²) in [6, 6.07) is 17.2. The van der Waals surface area contributed by atoms with Crippen molar-refractivity contribution in [2.24, 2.45) is 0 Å². The molecule has 0 aliphatic carbocycles. The van der Waals surface area contributed by atoms with Crippen molar-refractivity contribution in [3.05, 3.63) is 82.4 Å². The van der Waals surface area contributed by atoms with Crippen LogP contribution in [0.4, 0.5) is 5.69 Å². The molecule has 0 atom stereocenters. The van der Waals surface area contributed by atoms with E-state index in [1.165, 1.54) is 0 Å². The Morgan fingerprint density at radius 3 is 2.27 bits per heavy atom. The van der Waals surface area contributed by atoms with Crippen LogP contribution in [0.15, 0.2) is 65.6 Å². The number of hydrogen-bond acceptors (Lipinski definition) is 4. The zero-order chi connectivity index (χ0) is 24.4. The van der Waals surface area contributed by atoms with E-state index in [2.05, 4.69) is 10.0 Å². The van der Waals surface area contributed by atoms with Crippen LogP contribution in [0.2, 0.25) is 5.02 Å². The summed E-state index contributed by atoms with van der Waals surface area (Å²) in [6.07, 6.45) is 0. The van der Waals surface area contributed by atoms with Crippen molar-refractivity contribution in [1.29, 1.82) is 0 Å². The van der Waals surface area contributed by atoms with Crippen LogP contribution < -0.4 is 10.0 Å². The van der Waals surface area contributed by atoms with Crippen molar-refractivity contribution >= 4 is 33.2 Å². The van der Waals surface area contributed by atoms with Gasteiger partial charge >= 0.3 is 0 Å². The minimum Gasteiger partial charge on any atom is -0.389 e. The van der Waals surface area contributed by atoms with Crippen molar-refractivity contribution in [2.75, 3.05) is 11.3 Å². The Morgan fingerprint density at radius 2 is 1.64 bits per heavy atom. The fraction of sp³-hybridized carbons (Fsp3) is 0.240. The van der Waals surface area contributed by atoms with Gasteiger partial charge in [0.05, 0.1) is 10.5 Å². The number of carbonyl (C=O) groups is 1. The number of rotatable bonds is 7. The molecular formula is C25H27ClN2O4S. The van der Waals surface area contributed by atoms with Crippen molar-refractivity contribution in [3.63, 3.8) is 0 Å². The van der Waals surface area contributed by atoms with Gasteiger partial charge in [-0.05, 0) is 86.3 Å².